The van der Waals surface area contributed by atoms with E-state index < -0.39 is 0 Å². The van der Waals surface area contributed by atoms with Crippen molar-refractivity contribution in [2.75, 3.05) is 32.1 Å². The summed E-state index contributed by atoms with van der Waals surface area (Å²) in [6.45, 7) is 1.52. The number of unbranched alkanes of at least 4 members (excludes halogenated alkanes) is 2. The van der Waals surface area contributed by atoms with E-state index in [2.05, 4.69) is 27.9 Å². The van der Waals surface area contributed by atoms with Crippen LogP contribution in [0.25, 0.3) is 0 Å². The average Bonchev–Trinajstić information content (AvgIpc) is 2.34. The van der Waals surface area contributed by atoms with E-state index in [1.54, 1.807) is 0 Å². The van der Waals surface area contributed by atoms with Crippen LogP contribution >= 0.6 is 22.6 Å². The van der Waals surface area contributed by atoms with Crippen LogP contribution in [0.15, 0.2) is 24.3 Å². The normalized spacial score (nSPS) is 10.7. The van der Waals surface area contributed by atoms with Crippen molar-refractivity contribution >= 4 is 34.2 Å². The van der Waals surface area contributed by atoms with Gasteiger partial charge in [0.1, 0.15) is 0 Å². The monoisotopic (exact) mass is 376 g/mol. The van der Waals surface area contributed by atoms with E-state index in [0.29, 0.717) is 6.54 Å². The molecule has 0 spiro atoms. The second kappa shape index (κ2) is 9.28. The number of aliphatic hydroxyl groups is 1. The van der Waals surface area contributed by atoms with E-state index in [9.17, 15) is 4.79 Å². The highest BCUT2D eigenvalue weighted by Gasteiger charge is 2.06. The number of rotatable bonds is 8. The van der Waals surface area contributed by atoms with Gasteiger partial charge in [-0.2, -0.15) is 0 Å². The van der Waals surface area contributed by atoms with Crippen molar-refractivity contribution in [2.45, 2.75) is 19.3 Å². The summed E-state index contributed by atoms with van der Waals surface area (Å²) in [4.78, 5) is 13.8. The second-order valence-electron chi connectivity index (χ2n) is 4.58. The standard InChI is InChI=1S/C14H21IN2O2/c1-17(8-3-2-4-9-18)11-14(19)16-13-7-5-6-12(15)10-13/h5-7,10,18H,2-4,8-9,11H2,1H3,(H,16,19). The SMILES string of the molecule is CN(CCCCCO)CC(=O)Nc1cccc(I)c1. The highest BCUT2D eigenvalue weighted by Crippen LogP contribution is 2.12. The fraction of sp³-hybridized carbons (Fsp3) is 0.500. The van der Waals surface area contributed by atoms with Crippen LogP contribution in [0.5, 0.6) is 0 Å². The van der Waals surface area contributed by atoms with Gasteiger partial charge in [0.2, 0.25) is 5.91 Å². The highest BCUT2D eigenvalue weighted by molar-refractivity contribution is 14.1. The van der Waals surface area contributed by atoms with E-state index >= 15 is 0 Å². The van der Waals surface area contributed by atoms with Crippen molar-refractivity contribution in [1.29, 1.82) is 0 Å². The number of carbonyl (C=O) groups excluding carboxylic acids is 1. The van der Waals surface area contributed by atoms with Gasteiger partial charge in [-0.1, -0.05) is 6.07 Å². The van der Waals surface area contributed by atoms with Crippen LogP contribution < -0.4 is 5.32 Å². The summed E-state index contributed by atoms with van der Waals surface area (Å²) >= 11 is 2.22. The molecule has 0 radical (unpaired) electrons. The van der Waals surface area contributed by atoms with Crippen molar-refractivity contribution in [3.05, 3.63) is 27.8 Å². The molecule has 2 N–H and O–H groups in total. The number of nitrogens with one attached hydrogen (secondary N) is 1. The first-order chi connectivity index (χ1) is 9.11. The Morgan fingerprint density at radius 3 is 2.84 bits per heavy atom. The van der Waals surface area contributed by atoms with Crippen LogP contribution in [0.3, 0.4) is 0 Å². The molecule has 0 fully saturated rings. The van der Waals surface area contributed by atoms with Crippen LogP contribution in [0.1, 0.15) is 19.3 Å². The van der Waals surface area contributed by atoms with Gasteiger partial charge in [-0.25, -0.2) is 0 Å². The maximum absolute atomic E-state index is 11.8. The van der Waals surface area contributed by atoms with Gasteiger partial charge in [-0.3, -0.25) is 9.69 Å². The molecule has 0 atom stereocenters. The van der Waals surface area contributed by atoms with Gasteiger partial charge in [0.05, 0.1) is 6.54 Å². The topological polar surface area (TPSA) is 52.6 Å². The summed E-state index contributed by atoms with van der Waals surface area (Å²) in [6, 6.07) is 7.75. The lowest BCUT2D eigenvalue weighted by atomic mass is 10.2. The molecule has 0 aliphatic rings. The number of anilines is 1. The number of benzene rings is 1. The van der Waals surface area contributed by atoms with Crippen molar-refractivity contribution in [2.24, 2.45) is 0 Å². The summed E-state index contributed by atoms with van der Waals surface area (Å²) in [6.07, 6.45) is 2.84. The van der Waals surface area contributed by atoms with Crippen LogP contribution in [0, 0.1) is 3.57 Å². The second-order valence-corrected chi connectivity index (χ2v) is 5.83. The number of nitrogens with zero attached hydrogens (tertiary/aromatic N) is 1. The quantitative estimate of drug-likeness (QED) is 0.541. The van der Waals surface area contributed by atoms with Crippen LogP contribution in [-0.4, -0.2) is 42.7 Å². The molecule has 0 saturated carbocycles. The molecule has 0 aliphatic carbocycles. The van der Waals surface area contributed by atoms with Crippen molar-refractivity contribution in [3.63, 3.8) is 0 Å². The number of halogens is 1. The lowest BCUT2D eigenvalue weighted by Gasteiger charge is -2.16. The van der Waals surface area contributed by atoms with Gasteiger partial charge in [0, 0.05) is 15.9 Å². The highest BCUT2D eigenvalue weighted by atomic mass is 127. The zero-order chi connectivity index (χ0) is 14.1. The summed E-state index contributed by atoms with van der Waals surface area (Å²) in [5.74, 6) is 0.00616. The minimum absolute atomic E-state index is 0.00616. The van der Waals surface area contributed by atoms with E-state index in [1.807, 2.05) is 36.2 Å². The molecule has 0 aliphatic heterocycles. The Hall–Kier alpha value is -0.660. The Morgan fingerprint density at radius 2 is 2.16 bits per heavy atom. The third kappa shape index (κ3) is 7.49. The first-order valence-corrected chi connectivity index (χ1v) is 7.54. The molecule has 0 heterocycles. The summed E-state index contributed by atoms with van der Waals surface area (Å²) in [7, 11) is 1.94. The maximum atomic E-state index is 11.8. The smallest absolute Gasteiger partial charge is 0.238 e. The van der Waals surface area contributed by atoms with Gasteiger partial charge in [-0.05, 0) is 73.6 Å². The van der Waals surface area contributed by atoms with Crippen LogP contribution in [-0.2, 0) is 4.79 Å². The molecular formula is C14H21IN2O2. The predicted octanol–water partition coefficient (Wildman–Crippen LogP) is 2.32. The minimum Gasteiger partial charge on any atom is -0.396 e. The summed E-state index contributed by atoms with van der Waals surface area (Å²) in [5.41, 5.74) is 0.839. The van der Waals surface area contributed by atoms with E-state index in [1.165, 1.54) is 0 Å². The molecular weight excluding hydrogens is 355 g/mol. The fourth-order valence-corrected chi connectivity index (χ4v) is 2.30. The van der Waals surface area contributed by atoms with Crippen molar-refractivity contribution in [3.8, 4) is 0 Å². The zero-order valence-electron chi connectivity index (χ0n) is 11.2. The number of aliphatic hydroxyl groups excluding tert-OH is 1. The number of hydrogen-bond donors (Lipinski definition) is 2. The molecule has 19 heavy (non-hydrogen) atoms. The lowest BCUT2D eigenvalue weighted by Crippen LogP contribution is -2.30. The Kier molecular flexibility index (Phi) is 8.00. The van der Waals surface area contributed by atoms with Crippen molar-refractivity contribution in [1.82, 2.24) is 4.90 Å². The number of likely N-dealkylation sites (N-methyl/N-ethyl adjacent to an activating group) is 1. The molecule has 0 aromatic heterocycles. The van der Waals surface area contributed by atoms with Crippen LogP contribution in [0.2, 0.25) is 0 Å². The van der Waals surface area contributed by atoms with Gasteiger partial charge >= 0.3 is 0 Å². The minimum atomic E-state index is 0.00616. The number of hydrogen-bond acceptors (Lipinski definition) is 3. The molecule has 5 heteroatoms. The third-order valence-corrected chi connectivity index (χ3v) is 3.39. The van der Waals surface area contributed by atoms with Gasteiger partial charge in [0.15, 0.2) is 0 Å². The maximum Gasteiger partial charge on any atom is 0.238 e. The first-order valence-electron chi connectivity index (χ1n) is 6.46. The fourth-order valence-electron chi connectivity index (χ4n) is 1.76. The largest absolute Gasteiger partial charge is 0.396 e. The van der Waals surface area contributed by atoms with Crippen molar-refractivity contribution < 1.29 is 9.90 Å². The van der Waals surface area contributed by atoms with E-state index in [4.69, 9.17) is 5.11 Å². The Labute approximate surface area is 128 Å². The summed E-state index contributed by atoms with van der Waals surface area (Å²) < 4.78 is 1.10. The predicted molar refractivity (Wildman–Crippen MR) is 86.2 cm³/mol. The lowest BCUT2D eigenvalue weighted by molar-refractivity contribution is -0.117. The Balaban J connectivity index is 2.26. The number of amides is 1. The molecule has 1 aromatic carbocycles. The molecule has 0 bridgehead atoms. The van der Waals surface area contributed by atoms with Gasteiger partial charge in [-0.15, -0.1) is 0 Å². The molecule has 1 amide bonds. The van der Waals surface area contributed by atoms with Gasteiger partial charge in [0.25, 0.3) is 0 Å². The molecule has 106 valence electrons. The molecule has 0 unspecified atom stereocenters. The first kappa shape index (κ1) is 16.4. The molecule has 0 saturated heterocycles. The van der Waals surface area contributed by atoms with E-state index in [0.717, 1.165) is 35.1 Å². The Bertz CT molecular complexity index is 399. The zero-order valence-corrected chi connectivity index (χ0v) is 13.4. The molecule has 1 aromatic rings. The van der Waals surface area contributed by atoms with Gasteiger partial charge < -0.3 is 10.4 Å². The third-order valence-electron chi connectivity index (χ3n) is 2.72. The summed E-state index contributed by atoms with van der Waals surface area (Å²) in [5, 5.41) is 11.6. The Morgan fingerprint density at radius 1 is 1.37 bits per heavy atom. The van der Waals surface area contributed by atoms with Crippen LogP contribution in [0.4, 0.5) is 5.69 Å². The average molecular weight is 376 g/mol. The van der Waals surface area contributed by atoms with E-state index in [-0.39, 0.29) is 12.5 Å². The molecule has 4 nitrogen and oxygen atoms in total. The molecule has 1 rings (SSSR count). The number of carbonyl (C=O) groups is 1.